The van der Waals surface area contributed by atoms with Crippen LogP contribution in [0.15, 0.2) is 97.7 Å². The number of imidazole rings is 1. The molecule has 1 fully saturated rings. The van der Waals surface area contributed by atoms with Gasteiger partial charge in [-0.2, -0.15) is 0 Å². The molecule has 3 aromatic carbocycles. The number of aromatic nitrogens is 4. The lowest BCUT2D eigenvalue weighted by atomic mass is 10.0. The molecule has 5 heterocycles. The van der Waals surface area contributed by atoms with Crippen LogP contribution >= 0.6 is 0 Å². The molecule has 0 radical (unpaired) electrons. The van der Waals surface area contributed by atoms with Crippen LogP contribution in [0, 0.1) is 11.6 Å². The Kier molecular flexibility index (Phi) is 21.2. The molecule has 0 spiro atoms. The number of fused-ring (bicyclic) bond motifs is 4. The van der Waals surface area contributed by atoms with Crippen LogP contribution in [0.1, 0.15) is 67.8 Å². The Morgan fingerprint density at radius 1 is 0.713 bits per heavy atom. The molecule has 2 aliphatic rings. The first-order chi connectivity index (χ1) is 41.7. The fraction of sp³-hybridized carbons (Fsp3) is 0.373. The quantitative estimate of drug-likeness (QED) is 0.0753. The predicted molar refractivity (Wildman–Crippen MR) is 307 cm³/mol. The van der Waals surface area contributed by atoms with Gasteiger partial charge in [-0.15, -0.1) is 0 Å². The normalized spacial score (nSPS) is 23.3. The largest absolute Gasteiger partial charge is 0.508 e. The number of H-pyrrole nitrogens is 3. The fourth-order valence-electron chi connectivity index (χ4n) is 10.5. The maximum atomic E-state index is 14.9. The molecule has 8 rings (SSSR count). The lowest BCUT2D eigenvalue weighted by Gasteiger charge is -2.29. The van der Waals surface area contributed by atoms with Crippen molar-refractivity contribution < 1.29 is 71.7 Å². The van der Waals surface area contributed by atoms with Gasteiger partial charge in [0.05, 0.1) is 32.0 Å². The van der Waals surface area contributed by atoms with Gasteiger partial charge in [-0.25, -0.2) is 13.8 Å². The molecule has 2 bridgehead atoms. The van der Waals surface area contributed by atoms with Gasteiger partial charge in [0.25, 0.3) is 0 Å². The summed E-state index contributed by atoms with van der Waals surface area (Å²) in [5.74, 6) is -11.2. The molecule has 14 N–H and O–H groups in total. The van der Waals surface area contributed by atoms with Crippen LogP contribution in [0.3, 0.4) is 0 Å². The van der Waals surface area contributed by atoms with Gasteiger partial charge in [-0.05, 0) is 84.5 Å². The van der Waals surface area contributed by atoms with Crippen molar-refractivity contribution in [3.63, 3.8) is 0 Å². The number of aliphatic carboxylic acids is 1. The smallest absolute Gasteiger partial charge is 0.305 e. The van der Waals surface area contributed by atoms with Crippen molar-refractivity contribution in [3.8, 4) is 5.75 Å². The number of phenols is 1. The van der Waals surface area contributed by atoms with Gasteiger partial charge in [0, 0.05) is 91.7 Å². The van der Waals surface area contributed by atoms with Crippen molar-refractivity contribution in [1.29, 1.82) is 0 Å². The molecule has 460 valence electrons. The third kappa shape index (κ3) is 17.3. The first-order valence-corrected chi connectivity index (χ1v) is 28.1. The van der Waals surface area contributed by atoms with Crippen LogP contribution in [0.4, 0.5) is 8.78 Å². The molecule has 8 atom stereocenters. The number of hydrogen-bond donors (Lipinski definition) is 13. The standard InChI is InChI=1S/C59H67F2N13O13/c1-31(75)68-44-7-5-3-2-4-6-16-87-39-23-50(53(62)80)74(29-39)59(86)49(17-32-8-12-38(76)13-9-32)73-57(84)47(22-37-27-63-30-67-37)71-58(85)48(24-52(78)79)72-56(83)46(19-34-26-65-43-15-11-36(61)21-41(34)43)70-55(82)45(69-51(77)28-66-54(44)81)18-33-25-64-42-14-10-35(60)20-40(33)42/h4,6,8-15,20-21,25-27,30,39,44-50,64-65,76H,2-3,5,7,16-19,22-24,28-29H2,1H3,(H2,62,80)(H,63,67)(H,66,81)(H,68,75)(H,69,77)(H,70,82)(H,71,85)(H,72,83)(H,73,84)(H,78,79)/b6-4-/t39-,44+,45-,46-,47-,48-,49-,50-/m0/s1. The average Bonchev–Trinajstić information content (AvgIpc) is 2.26. The molecule has 26 nitrogen and oxygen atoms in total. The van der Waals surface area contributed by atoms with Crippen LogP contribution in [0.5, 0.6) is 5.75 Å². The highest BCUT2D eigenvalue weighted by Gasteiger charge is 2.43. The second-order valence-corrected chi connectivity index (χ2v) is 21.4. The van der Waals surface area contributed by atoms with E-state index in [-0.39, 0.29) is 67.6 Å². The van der Waals surface area contributed by atoms with E-state index in [1.54, 1.807) is 6.08 Å². The molecular weight excluding hydrogens is 1140 g/mol. The summed E-state index contributed by atoms with van der Waals surface area (Å²) in [6.07, 6.45) is 7.53. The number of benzene rings is 3. The maximum absolute atomic E-state index is 14.9. The molecule has 2 aliphatic heterocycles. The number of primary amides is 1. The third-order valence-electron chi connectivity index (χ3n) is 14.9. The van der Waals surface area contributed by atoms with Gasteiger partial charge in [0.15, 0.2) is 0 Å². The fourth-order valence-corrected chi connectivity index (χ4v) is 10.5. The first-order valence-electron chi connectivity index (χ1n) is 28.1. The molecule has 0 saturated carbocycles. The van der Waals surface area contributed by atoms with E-state index in [0.717, 1.165) is 0 Å². The van der Waals surface area contributed by atoms with Gasteiger partial charge in [0.1, 0.15) is 59.7 Å². The van der Waals surface area contributed by atoms with Crippen molar-refractivity contribution in [2.75, 3.05) is 19.7 Å². The molecule has 6 aromatic rings. The summed E-state index contributed by atoms with van der Waals surface area (Å²) in [5.41, 5.74) is 8.03. The second kappa shape index (κ2) is 29.2. The summed E-state index contributed by atoms with van der Waals surface area (Å²) in [6.45, 7) is 0.423. The number of aromatic amines is 3. The number of phenolic OH excluding ortho intramolecular Hbond substituents is 1. The van der Waals surface area contributed by atoms with Gasteiger partial charge in [0.2, 0.25) is 53.2 Å². The number of nitrogens with two attached hydrogens (primary N) is 1. The first kappa shape index (κ1) is 63.0. The van der Waals surface area contributed by atoms with Crippen molar-refractivity contribution >= 4 is 80.9 Å². The number of ether oxygens (including phenoxy) is 1. The maximum Gasteiger partial charge on any atom is 0.305 e. The molecule has 1 saturated heterocycles. The highest BCUT2D eigenvalue weighted by molar-refractivity contribution is 5.99. The van der Waals surface area contributed by atoms with Gasteiger partial charge in [-0.1, -0.05) is 30.7 Å². The van der Waals surface area contributed by atoms with E-state index in [1.165, 1.54) is 97.4 Å². The van der Waals surface area contributed by atoms with E-state index in [9.17, 15) is 66.9 Å². The zero-order valence-corrected chi connectivity index (χ0v) is 47.2. The minimum Gasteiger partial charge on any atom is -0.508 e. The summed E-state index contributed by atoms with van der Waals surface area (Å²) in [7, 11) is 0. The van der Waals surface area contributed by atoms with Crippen molar-refractivity contribution in [1.82, 2.24) is 62.1 Å². The molecule has 87 heavy (non-hydrogen) atoms. The summed E-state index contributed by atoms with van der Waals surface area (Å²) in [6, 6.07) is 2.56. The number of carboxylic acid groups (broad SMARTS) is 1. The number of halogens is 2. The van der Waals surface area contributed by atoms with Crippen molar-refractivity contribution in [2.45, 2.75) is 120 Å². The Labute approximate surface area is 495 Å². The summed E-state index contributed by atoms with van der Waals surface area (Å²) in [4.78, 5) is 153. The minimum atomic E-state index is -2.01. The zero-order chi connectivity index (χ0) is 62.3. The number of nitrogens with one attached hydrogen (secondary N) is 10. The Morgan fingerprint density at radius 2 is 1.30 bits per heavy atom. The Morgan fingerprint density at radius 3 is 1.89 bits per heavy atom. The van der Waals surface area contributed by atoms with Crippen LogP contribution in [-0.4, -0.2) is 162 Å². The monoisotopic (exact) mass is 1200 g/mol. The molecule has 0 unspecified atom stereocenters. The average molecular weight is 1200 g/mol. The van der Waals surface area contributed by atoms with E-state index in [1.807, 2.05) is 6.08 Å². The Hall–Kier alpha value is -9.99. The predicted octanol–water partition coefficient (Wildman–Crippen LogP) is 0.748. The van der Waals surface area contributed by atoms with Crippen LogP contribution in [0.25, 0.3) is 21.8 Å². The molecular formula is C59H67F2N13O13. The Bertz CT molecular complexity index is 3540. The van der Waals surface area contributed by atoms with Crippen molar-refractivity contribution in [2.24, 2.45) is 5.73 Å². The van der Waals surface area contributed by atoms with E-state index in [4.69, 9.17) is 10.5 Å². The van der Waals surface area contributed by atoms with Crippen LogP contribution < -0.4 is 43.0 Å². The van der Waals surface area contributed by atoms with E-state index in [0.29, 0.717) is 46.8 Å². The van der Waals surface area contributed by atoms with Crippen LogP contribution in [0.2, 0.25) is 0 Å². The number of amides is 9. The van der Waals surface area contributed by atoms with E-state index >= 15 is 0 Å². The minimum absolute atomic E-state index is 0.00296. The summed E-state index contributed by atoms with van der Waals surface area (Å²) < 4.78 is 35.6. The van der Waals surface area contributed by atoms with Crippen LogP contribution in [-0.2, 0) is 78.4 Å². The third-order valence-corrected chi connectivity index (χ3v) is 14.9. The number of aromatic hydroxyl groups is 1. The number of carboxylic acids is 1. The number of hydrogen-bond acceptors (Lipinski definition) is 13. The lowest BCUT2D eigenvalue weighted by Crippen LogP contribution is -2.61. The number of carbonyl (C=O) groups is 10. The molecule has 0 aliphatic carbocycles. The van der Waals surface area contributed by atoms with Gasteiger partial charge < -0.3 is 77.8 Å². The second-order valence-electron chi connectivity index (χ2n) is 21.4. The SMILES string of the molecule is CC(=O)N[C@@H]1CCCC/C=C\CO[C@H]2C[C@@H](C(N)=O)N(C2)C(=O)[C@H](Cc2ccc(O)cc2)NC(=O)[C@H](Cc2cnc[nH]2)NC(=O)[C@H](CC(=O)O)NC(=O)[C@H](Cc2c[nH]c3ccc(F)cc23)NC(=O)[C@H](Cc2c[nH]c3ccc(F)cc23)NC(=O)CNC1=O. The molecule has 3 aromatic heterocycles. The van der Waals surface area contributed by atoms with E-state index in [2.05, 4.69) is 57.2 Å². The number of carbonyl (C=O) groups excluding carboxylic acids is 9. The summed E-state index contributed by atoms with van der Waals surface area (Å²) >= 11 is 0. The number of rotatable bonds is 12. The topological polar surface area (TPSA) is 394 Å². The van der Waals surface area contributed by atoms with E-state index < -0.39 is 139 Å². The Balaban J connectivity index is 1.15. The van der Waals surface area contributed by atoms with Crippen molar-refractivity contribution in [3.05, 3.63) is 132 Å². The van der Waals surface area contributed by atoms with Gasteiger partial charge >= 0.3 is 5.97 Å². The highest BCUT2D eigenvalue weighted by atomic mass is 19.1. The molecule has 9 amide bonds. The highest BCUT2D eigenvalue weighted by Crippen LogP contribution is 2.25. The number of allylic oxidation sites excluding steroid dienone is 1. The summed E-state index contributed by atoms with van der Waals surface area (Å²) in [5, 5.41) is 38.7. The lowest BCUT2D eigenvalue weighted by molar-refractivity contribution is -0.142. The van der Waals surface area contributed by atoms with Gasteiger partial charge in [-0.3, -0.25) is 47.9 Å². The number of nitrogens with zero attached hydrogens (tertiary/aromatic N) is 2. The zero-order valence-electron chi connectivity index (χ0n) is 47.2. The molecule has 28 heteroatoms.